The molecule has 0 spiro atoms. The number of benzene rings is 2. The molecule has 5 nitrogen and oxygen atoms in total. The minimum absolute atomic E-state index is 0.276. The molecule has 0 aliphatic rings. The van der Waals surface area contributed by atoms with Crippen LogP contribution < -0.4 is 11.3 Å². The topological polar surface area (TPSA) is 88.8 Å². The Morgan fingerprint density at radius 2 is 1.52 bits per heavy atom. The van der Waals surface area contributed by atoms with Crippen molar-refractivity contribution in [3.05, 3.63) is 73.8 Å². The van der Waals surface area contributed by atoms with E-state index in [-0.39, 0.29) is 10.4 Å². The van der Waals surface area contributed by atoms with Crippen LogP contribution in [-0.2, 0) is 0 Å². The van der Waals surface area contributed by atoms with Gasteiger partial charge >= 0.3 is 0 Å². The van der Waals surface area contributed by atoms with Crippen molar-refractivity contribution in [1.29, 1.82) is 0 Å². The largest absolute Gasteiger partial charge is 0.365 e. The van der Waals surface area contributed by atoms with E-state index < -0.39 is 5.91 Å². The Labute approximate surface area is 167 Å². The van der Waals surface area contributed by atoms with E-state index in [0.29, 0.717) is 42.8 Å². The fraction of sp³-hybridized carbons (Fsp3) is 0. The minimum atomic E-state index is -0.615. The summed E-state index contributed by atoms with van der Waals surface area (Å²) in [5.41, 5.74) is 7.05. The number of H-pyrrole nitrogens is 1. The highest BCUT2D eigenvalue weighted by molar-refractivity contribution is 7.21. The molecule has 3 N–H and O–H groups in total. The molecule has 0 atom stereocenters. The average molecular weight is 416 g/mol. The van der Waals surface area contributed by atoms with Crippen molar-refractivity contribution in [2.45, 2.75) is 0 Å². The first-order valence-electron chi connectivity index (χ1n) is 7.82. The number of rotatable bonds is 3. The Morgan fingerprint density at radius 1 is 0.963 bits per heavy atom. The molecule has 0 aliphatic carbocycles. The Morgan fingerprint density at radius 3 is 2.07 bits per heavy atom. The molecule has 2 heterocycles. The van der Waals surface area contributed by atoms with Gasteiger partial charge in [-0.3, -0.25) is 9.59 Å². The fourth-order valence-corrected chi connectivity index (χ4v) is 4.12. The molecule has 0 saturated heterocycles. The minimum Gasteiger partial charge on any atom is -0.365 e. The van der Waals surface area contributed by atoms with Gasteiger partial charge in [0.2, 0.25) is 0 Å². The van der Waals surface area contributed by atoms with Gasteiger partial charge in [0.15, 0.2) is 0 Å². The molecule has 0 unspecified atom stereocenters. The summed E-state index contributed by atoms with van der Waals surface area (Å²) in [5.74, 6) is -0.223. The highest BCUT2D eigenvalue weighted by atomic mass is 35.5. The van der Waals surface area contributed by atoms with Crippen LogP contribution in [0.2, 0.25) is 10.0 Å². The first-order valence-corrected chi connectivity index (χ1v) is 9.40. The van der Waals surface area contributed by atoms with Gasteiger partial charge in [-0.2, -0.15) is 0 Å². The zero-order chi connectivity index (χ0) is 19.1. The second-order valence-electron chi connectivity index (χ2n) is 5.78. The van der Waals surface area contributed by atoms with E-state index in [1.807, 2.05) is 0 Å². The number of fused-ring (bicyclic) bond motifs is 1. The SMILES string of the molecule is NC(=O)c1sc2nc(-c3ccc(Cl)cc3)[nH]c(=O)c2c1-c1ccc(Cl)cc1. The molecule has 134 valence electrons. The molecule has 1 amide bonds. The smallest absolute Gasteiger partial charge is 0.260 e. The molecule has 2 aromatic carbocycles. The van der Waals surface area contributed by atoms with Gasteiger partial charge in [-0.1, -0.05) is 35.3 Å². The molecular weight excluding hydrogens is 405 g/mol. The van der Waals surface area contributed by atoms with Gasteiger partial charge in [0.25, 0.3) is 11.5 Å². The summed E-state index contributed by atoms with van der Waals surface area (Å²) < 4.78 is 0. The van der Waals surface area contributed by atoms with Gasteiger partial charge in [0, 0.05) is 21.2 Å². The average Bonchev–Trinajstić information content (AvgIpc) is 3.03. The van der Waals surface area contributed by atoms with Crippen LogP contribution in [0, 0.1) is 0 Å². The summed E-state index contributed by atoms with van der Waals surface area (Å²) in [5, 5.41) is 1.46. The van der Waals surface area contributed by atoms with Gasteiger partial charge in [0.05, 0.1) is 5.39 Å². The number of carbonyl (C=O) groups is 1. The summed E-state index contributed by atoms with van der Waals surface area (Å²) >= 11 is 13.0. The predicted octanol–water partition coefficient (Wildman–Crippen LogP) is 4.72. The van der Waals surface area contributed by atoms with E-state index in [1.165, 1.54) is 0 Å². The van der Waals surface area contributed by atoms with E-state index in [1.54, 1.807) is 48.5 Å². The number of primary amides is 1. The monoisotopic (exact) mass is 415 g/mol. The van der Waals surface area contributed by atoms with Crippen LogP contribution in [0.5, 0.6) is 0 Å². The van der Waals surface area contributed by atoms with E-state index in [4.69, 9.17) is 28.9 Å². The Kier molecular flexibility index (Phi) is 4.47. The second kappa shape index (κ2) is 6.81. The third kappa shape index (κ3) is 3.23. The second-order valence-corrected chi connectivity index (χ2v) is 7.65. The number of halogens is 2. The van der Waals surface area contributed by atoms with Crippen LogP contribution in [0.4, 0.5) is 0 Å². The van der Waals surface area contributed by atoms with Gasteiger partial charge in [0.1, 0.15) is 15.5 Å². The zero-order valence-electron chi connectivity index (χ0n) is 13.6. The first kappa shape index (κ1) is 17.7. The maximum atomic E-state index is 12.8. The van der Waals surface area contributed by atoms with E-state index in [9.17, 15) is 9.59 Å². The van der Waals surface area contributed by atoms with Crippen molar-refractivity contribution in [3.63, 3.8) is 0 Å². The number of nitrogens with two attached hydrogens (primary N) is 1. The van der Waals surface area contributed by atoms with E-state index >= 15 is 0 Å². The summed E-state index contributed by atoms with van der Waals surface area (Å²) in [4.78, 5) is 32.8. The highest BCUT2D eigenvalue weighted by Gasteiger charge is 2.22. The summed E-state index contributed by atoms with van der Waals surface area (Å²) in [7, 11) is 0. The maximum Gasteiger partial charge on any atom is 0.260 e. The van der Waals surface area contributed by atoms with Gasteiger partial charge < -0.3 is 10.7 Å². The number of nitrogens with zero attached hydrogens (tertiary/aromatic N) is 1. The molecule has 0 aliphatic heterocycles. The third-order valence-electron chi connectivity index (χ3n) is 4.04. The fourth-order valence-electron chi connectivity index (χ4n) is 2.82. The lowest BCUT2D eigenvalue weighted by Crippen LogP contribution is -2.12. The van der Waals surface area contributed by atoms with E-state index in [2.05, 4.69) is 9.97 Å². The summed E-state index contributed by atoms with van der Waals surface area (Å²) in [6.07, 6.45) is 0. The normalized spacial score (nSPS) is 11.0. The summed E-state index contributed by atoms with van der Waals surface area (Å²) in [6, 6.07) is 13.8. The zero-order valence-corrected chi connectivity index (χ0v) is 16.0. The van der Waals surface area contributed by atoms with Crippen LogP contribution in [0.15, 0.2) is 53.3 Å². The van der Waals surface area contributed by atoms with E-state index in [0.717, 1.165) is 11.3 Å². The Bertz CT molecular complexity index is 1230. The molecule has 4 rings (SSSR count). The third-order valence-corrected chi connectivity index (χ3v) is 5.64. The van der Waals surface area contributed by atoms with Gasteiger partial charge in [-0.15, -0.1) is 11.3 Å². The number of amides is 1. The van der Waals surface area contributed by atoms with Gasteiger partial charge in [-0.05, 0) is 42.0 Å². The van der Waals surface area contributed by atoms with Crippen molar-refractivity contribution in [2.75, 3.05) is 0 Å². The molecule has 27 heavy (non-hydrogen) atoms. The lowest BCUT2D eigenvalue weighted by molar-refractivity contribution is 0.100. The number of hydrogen-bond donors (Lipinski definition) is 2. The van der Waals surface area contributed by atoms with Crippen molar-refractivity contribution >= 4 is 50.7 Å². The quantitative estimate of drug-likeness (QED) is 0.506. The molecule has 8 heteroatoms. The highest BCUT2D eigenvalue weighted by Crippen LogP contribution is 2.37. The number of hydrogen-bond acceptors (Lipinski definition) is 4. The number of aromatic amines is 1. The molecular formula is C19H11Cl2N3O2S. The van der Waals surface area contributed by atoms with Crippen molar-refractivity contribution < 1.29 is 4.79 Å². The number of nitrogens with one attached hydrogen (secondary N) is 1. The van der Waals surface area contributed by atoms with Crippen LogP contribution in [0.3, 0.4) is 0 Å². The first-order chi connectivity index (χ1) is 12.9. The molecule has 4 aromatic rings. The molecule has 0 bridgehead atoms. The standard InChI is InChI=1S/C19H11Cl2N3O2S/c20-11-5-1-9(2-6-11)13-14-18(26)23-17(10-3-7-12(21)8-4-10)24-19(14)27-15(13)16(22)25/h1-8H,(H2,22,25)(H,23,24,26). The lowest BCUT2D eigenvalue weighted by atomic mass is 10.0. The van der Waals surface area contributed by atoms with Crippen LogP contribution in [0.1, 0.15) is 9.67 Å². The predicted molar refractivity (Wildman–Crippen MR) is 110 cm³/mol. The number of aromatic nitrogens is 2. The molecule has 2 aromatic heterocycles. The molecule has 0 radical (unpaired) electrons. The van der Waals surface area contributed by atoms with Crippen LogP contribution in [0.25, 0.3) is 32.7 Å². The van der Waals surface area contributed by atoms with Crippen molar-refractivity contribution in [1.82, 2.24) is 9.97 Å². The Balaban J connectivity index is 1.99. The number of thiophene rings is 1. The maximum absolute atomic E-state index is 12.8. The number of carbonyl (C=O) groups excluding carboxylic acids is 1. The Hall–Kier alpha value is -2.67. The summed E-state index contributed by atoms with van der Waals surface area (Å²) in [6.45, 7) is 0. The molecule has 0 fully saturated rings. The van der Waals surface area contributed by atoms with Crippen molar-refractivity contribution in [2.24, 2.45) is 5.73 Å². The van der Waals surface area contributed by atoms with Crippen molar-refractivity contribution in [3.8, 4) is 22.5 Å². The van der Waals surface area contributed by atoms with Crippen LogP contribution in [-0.4, -0.2) is 15.9 Å². The van der Waals surface area contributed by atoms with Gasteiger partial charge in [-0.25, -0.2) is 4.98 Å². The lowest BCUT2D eigenvalue weighted by Gasteiger charge is -2.04. The molecule has 0 saturated carbocycles. The van der Waals surface area contributed by atoms with Crippen LogP contribution >= 0.6 is 34.5 Å².